The third-order valence-electron chi connectivity index (χ3n) is 1.33. The first-order valence-electron chi connectivity index (χ1n) is 3.36. The zero-order chi connectivity index (χ0) is 9.14. The largest absolute Gasteiger partial charge is 0.345 e. The molecule has 1 amide bonds. The highest BCUT2D eigenvalue weighted by atomic mass is 19.1. The molecule has 0 atom stereocenters. The number of hydrogen-bond donors (Lipinski definition) is 0. The molecule has 1 aromatic rings. The fourth-order valence-electron chi connectivity index (χ4n) is 0.715. The monoisotopic (exact) mass is 167 g/mol. The second-order valence-electron chi connectivity index (χ2n) is 2.48. The Balaban J connectivity index is 3.03. The fraction of sp³-hybridized carbons (Fsp3) is 0.250. The number of carbonyl (C=O) groups excluding carboxylic acids is 1. The van der Waals surface area contributed by atoms with Gasteiger partial charge >= 0.3 is 0 Å². The summed E-state index contributed by atoms with van der Waals surface area (Å²) < 4.78 is 12.9. The molecule has 1 rings (SSSR count). The van der Waals surface area contributed by atoms with Crippen molar-refractivity contribution in [3.63, 3.8) is 0 Å². The maximum atomic E-state index is 12.9. The lowest BCUT2D eigenvalue weighted by atomic mass is 10.2. The van der Waals surface area contributed by atoms with Crippen LogP contribution in [0.2, 0.25) is 0 Å². The van der Waals surface area contributed by atoms with E-state index in [0.29, 0.717) is 0 Å². The Morgan fingerprint density at radius 3 is 2.83 bits per heavy atom. The lowest BCUT2D eigenvalue weighted by Crippen LogP contribution is -2.23. The van der Waals surface area contributed by atoms with Crippen molar-refractivity contribution in [2.45, 2.75) is 0 Å². The molecule has 0 unspecified atom stereocenters. The smallest absolute Gasteiger partial charge is 0.258 e. The van der Waals surface area contributed by atoms with Gasteiger partial charge in [0.25, 0.3) is 5.91 Å². The van der Waals surface area contributed by atoms with E-state index >= 15 is 0 Å². The highest BCUT2D eigenvalue weighted by molar-refractivity contribution is 5.93. The number of carbonyl (C=O) groups is 1. The van der Waals surface area contributed by atoms with Gasteiger partial charge in [-0.3, -0.25) is 9.78 Å². The Labute approximate surface area is 69.8 Å². The molecule has 4 heteroatoms. The van der Waals surface area contributed by atoms with Crippen molar-refractivity contribution in [3.8, 4) is 0 Å². The molecule has 0 spiro atoms. The van der Waals surface area contributed by atoms with Crippen LogP contribution in [-0.4, -0.2) is 29.9 Å². The molecule has 0 saturated heterocycles. The van der Waals surface area contributed by atoms with E-state index in [2.05, 4.69) is 11.2 Å². The Bertz CT molecular complexity index is 299. The molecule has 0 aliphatic heterocycles. The minimum absolute atomic E-state index is 0.123. The minimum Gasteiger partial charge on any atom is -0.345 e. The van der Waals surface area contributed by atoms with Crippen LogP contribution in [0.3, 0.4) is 0 Å². The third kappa shape index (κ3) is 1.58. The SMILES string of the molecule is CN(C)C(=O)c1[c]nccc1F. The normalized spacial score (nSPS) is 9.58. The Hall–Kier alpha value is -1.45. The molecule has 0 fully saturated rings. The molecule has 63 valence electrons. The van der Waals surface area contributed by atoms with E-state index in [1.54, 1.807) is 14.1 Å². The third-order valence-corrected chi connectivity index (χ3v) is 1.33. The number of rotatable bonds is 1. The average molecular weight is 167 g/mol. The molecule has 1 heterocycles. The predicted molar refractivity (Wildman–Crippen MR) is 41.0 cm³/mol. The van der Waals surface area contributed by atoms with E-state index in [1.807, 2.05) is 0 Å². The molecule has 0 saturated carbocycles. The van der Waals surface area contributed by atoms with Crippen LogP contribution in [0, 0.1) is 12.0 Å². The highest BCUT2D eigenvalue weighted by Crippen LogP contribution is 2.05. The fourth-order valence-corrected chi connectivity index (χ4v) is 0.715. The highest BCUT2D eigenvalue weighted by Gasteiger charge is 2.13. The van der Waals surface area contributed by atoms with E-state index in [-0.39, 0.29) is 5.56 Å². The number of amides is 1. The van der Waals surface area contributed by atoms with Crippen molar-refractivity contribution in [2.75, 3.05) is 14.1 Å². The average Bonchev–Trinajstić information content (AvgIpc) is 2.04. The van der Waals surface area contributed by atoms with Crippen LogP contribution in [-0.2, 0) is 0 Å². The molecular weight excluding hydrogens is 159 g/mol. The van der Waals surface area contributed by atoms with Crippen molar-refractivity contribution < 1.29 is 9.18 Å². The second kappa shape index (κ2) is 3.30. The molecule has 0 aliphatic carbocycles. The van der Waals surface area contributed by atoms with E-state index in [0.717, 1.165) is 6.07 Å². The first-order valence-corrected chi connectivity index (χ1v) is 3.36. The second-order valence-corrected chi connectivity index (χ2v) is 2.48. The summed E-state index contributed by atoms with van der Waals surface area (Å²) in [6, 6.07) is 1.13. The standard InChI is InChI=1S/C8H8FN2O/c1-11(2)8(12)6-5-10-4-3-7(6)9/h3-4H,1-2H3. The summed E-state index contributed by atoms with van der Waals surface area (Å²) in [6.45, 7) is 0. The topological polar surface area (TPSA) is 33.2 Å². The molecular formula is C8H8FN2O. The van der Waals surface area contributed by atoms with Gasteiger partial charge in [-0.1, -0.05) is 0 Å². The van der Waals surface area contributed by atoms with Gasteiger partial charge in [0, 0.05) is 20.3 Å². The van der Waals surface area contributed by atoms with Crippen molar-refractivity contribution in [1.29, 1.82) is 0 Å². The van der Waals surface area contributed by atoms with Crippen LogP contribution in [0.4, 0.5) is 4.39 Å². The van der Waals surface area contributed by atoms with Gasteiger partial charge < -0.3 is 4.90 Å². The summed E-state index contributed by atoms with van der Waals surface area (Å²) in [5.41, 5.74) is -0.123. The van der Waals surface area contributed by atoms with Crippen LogP contribution >= 0.6 is 0 Å². The first kappa shape index (κ1) is 8.64. The van der Waals surface area contributed by atoms with Crippen LogP contribution < -0.4 is 0 Å². The van der Waals surface area contributed by atoms with Crippen molar-refractivity contribution in [2.24, 2.45) is 0 Å². The molecule has 3 nitrogen and oxygen atoms in total. The first-order chi connectivity index (χ1) is 5.63. The van der Waals surface area contributed by atoms with Crippen LogP contribution in [0.25, 0.3) is 0 Å². The summed E-state index contributed by atoms with van der Waals surface area (Å²) in [5.74, 6) is -1.02. The minimum atomic E-state index is -0.594. The molecule has 0 N–H and O–H groups in total. The molecule has 0 aliphatic rings. The lowest BCUT2D eigenvalue weighted by Gasteiger charge is -2.09. The van der Waals surface area contributed by atoms with E-state index in [9.17, 15) is 9.18 Å². The van der Waals surface area contributed by atoms with Crippen LogP contribution in [0.5, 0.6) is 0 Å². The van der Waals surface area contributed by atoms with Gasteiger partial charge in [0.15, 0.2) is 0 Å². The lowest BCUT2D eigenvalue weighted by molar-refractivity contribution is 0.0822. The van der Waals surface area contributed by atoms with E-state index < -0.39 is 11.7 Å². The number of aromatic nitrogens is 1. The van der Waals surface area contributed by atoms with E-state index in [1.165, 1.54) is 11.1 Å². The molecule has 12 heavy (non-hydrogen) atoms. The quantitative estimate of drug-likeness (QED) is 0.617. The van der Waals surface area contributed by atoms with Crippen molar-refractivity contribution in [1.82, 2.24) is 9.88 Å². The van der Waals surface area contributed by atoms with Gasteiger partial charge in [0.2, 0.25) is 0 Å². The Morgan fingerprint density at radius 1 is 1.67 bits per heavy atom. The van der Waals surface area contributed by atoms with Gasteiger partial charge in [-0.25, -0.2) is 4.39 Å². The van der Waals surface area contributed by atoms with Crippen LogP contribution in [0.1, 0.15) is 10.4 Å². The summed E-state index contributed by atoms with van der Waals surface area (Å²) in [5, 5.41) is 0. The number of hydrogen-bond acceptors (Lipinski definition) is 2. The number of halogens is 1. The zero-order valence-electron chi connectivity index (χ0n) is 6.84. The van der Waals surface area contributed by atoms with Gasteiger partial charge in [0.1, 0.15) is 17.6 Å². The van der Waals surface area contributed by atoms with Gasteiger partial charge in [-0.05, 0) is 6.07 Å². The predicted octanol–water partition coefficient (Wildman–Crippen LogP) is 0.723. The summed E-state index contributed by atoms with van der Waals surface area (Å²) in [7, 11) is 3.09. The molecule has 0 bridgehead atoms. The summed E-state index contributed by atoms with van der Waals surface area (Å²) in [4.78, 5) is 16.0. The van der Waals surface area contributed by atoms with Crippen molar-refractivity contribution >= 4 is 5.91 Å². The number of pyridine rings is 1. The summed E-state index contributed by atoms with van der Waals surface area (Å²) >= 11 is 0. The van der Waals surface area contributed by atoms with Crippen LogP contribution in [0.15, 0.2) is 12.3 Å². The molecule has 0 aromatic carbocycles. The van der Waals surface area contributed by atoms with Gasteiger partial charge in [-0.15, -0.1) is 0 Å². The Morgan fingerprint density at radius 2 is 2.33 bits per heavy atom. The molecule has 1 radical (unpaired) electrons. The molecule has 1 aromatic heterocycles. The van der Waals surface area contributed by atoms with Crippen molar-refractivity contribution in [3.05, 3.63) is 29.8 Å². The van der Waals surface area contributed by atoms with Gasteiger partial charge in [-0.2, -0.15) is 0 Å². The van der Waals surface area contributed by atoms with Gasteiger partial charge in [0.05, 0.1) is 0 Å². The maximum absolute atomic E-state index is 12.9. The number of nitrogens with zero attached hydrogens (tertiary/aromatic N) is 2. The van der Waals surface area contributed by atoms with E-state index in [4.69, 9.17) is 0 Å². The maximum Gasteiger partial charge on any atom is 0.258 e. The summed E-state index contributed by atoms with van der Waals surface area (Å²) in [6.07, 6.45) is 3.55. The zero-order valence-corrected chi connectivity index (χ0v) is 6.84. The Kier molecular flexibility index (Phi) is 2.38.